The smallest absolute Gasteiger partial charge is 0.266 e. The predicted octanol–water partition coefficient (Wildman–Crippen LogP) is 3.89. The maximum atomic E-state index is 14.0. The van der Waals surface area contributed by atoms with E-state index < -0.39 is 0 Å². The van der Waals surface area contributed by atoms with E-state index in [1.165, 1.54) is 0 Å². The molecule has 5 heterocycles. The molecule has 40 heavy (non-hydrogen) atoms. The first-order valence-corrected chi connectivity index (χ1v) is 14.0. The van der Waals surface area contributed by atoms with E-state index >= 15 is 0 Å². The zero-order chi connectivity index (χ0) is 28.2. The molecule has 2 fully saturated rings. The number of methoxy groups -OCH3 is 1. The Kier molecular flexibility index (Phi) is 6.98. The standard InChI is InChI=1S/C28H31Cl2N7O3/c1-16-23(31)28(15-40-16)9-12-36(13-10-28)27-33-25-20(26(38)35(27)2)22(19-8-11-32-24(30)21(19)29)37(34-25)14-17-4-6-18(39-3)7-5-17/h4-8,11,16,23H,9-10,12-15,31H2,1-3H3/t16-,23+/m0/s1. The lowest BCUT2D eigenvalue weighted by Gasteiger charge is -2.41. The highest BCUT2D eigenvalue weighted by molar-refractivity contribution is 6.43. The van der Waals surface area contributed by atoms with Gasteiger partial charge in [0.05, 0.1) is 37.1 Å². The zero-order valence-electron chi connectivity index (χ0n) is 22.6. The molecule has 2 saturated heterocycles. The van der Waals surface area contributed by atoms with Crippen LogP contribution in [0.15, 0.2) is 41.3 Å². The minimum Gasteiger partial charge on any atom is -0.497 e. The summed E-state index contributed by atoms with van der Waals surface area (Å²) in [6, 6.07) is 9.41. The molecule has 10 nitrogen and oxygen atoms in total. The van der Waals surface area contributed by atoms with E-state index in [0.29, 0.717) is 41.4 Å². The number of fused-ring (bicyclic) bond motifs is 1. The topological polar surface area (TPSA) is 113 Å². The molecule has 0 unspecified atom stereocenters. The summed E-state index contributed by atoms with van der Waals surface area (Å²) in [5.74, 6) is 1.33. The molecule has 2 aliphatic rings. The third kappa shape index (κ3) is 4.43. The molecule has 2 atom stereocenters. The van der Waals surface area contributed by atoms with Gasteiger partial charge in [-0.15, -0.1) is 0 Å². The van der Waals surface area contributed by atoms with Crippen molar-refractivity contribution in [2.45, 2.75) is 38.5 Å². The Labute approximate surface area is 241 Å². The number of aromatic nitrogens is 5. The van der Waals surface area contributed by atoms with Gasteiger partial charge in [0.1, 0.15) is 16.3 Å². The molecule has 4 aromatic rings. The number of rotatable bonds is 5. The number of ether oxygens (including phenoxy) is 2. The number of halogens is 2. The van der Waals surface area contributed by atoms with E-state index in [4.69, 9.17) is 48.5 Å². The highest BCUT2D eigenvalue weighted by Crippen LogP contribution is 2.42. The number of benzene rings is 1. The van der Waals surface area contributed by atoms with Gasteiger partial charge in [-0.05, 0) is 43.5 Å². The van der Waals surface area contributed by atoms with Gasteiger partial charge in [0.2, 0.25) is 5.95 Å². The largest absolute Gasteiger partial charge is 0.497 e. The van der Waals surface area contributed by atoms with Gasteiger partial charge >= 0.3 is 0 Å². The molecule has 6 rings (SSSR count). The summed E-state index contributed by atoms with van der Waals surface area (Å²) in [5, 5.41) is 5.59. The van der Waals surface area contributed by atoms with Crippen LogP contribution in [0.1, 0.15) is 25.3 Å². The van der Waals surface area contributed by atoms with Crippen molar-refractivity contribution in [3.8, 4) is 17.0 Å². The van der Waals surface area contributed by atoms with Crippen LogP contribution >= 0.6 is 23.2 Å². The summed E-state index contributed by atoms with van der Waals surface area (Å²) in [6.07, 6.45) is 3.35. The van der Waals surface area contributed by atoms with E-state index in [1.807, 2.05) is 31.2 Å². The average molecular weight is 585 g/mol. The number of piperidine rings is 1. The summed E-state index contributed by atoms with van der Waals surface area (Å²) in [7, 11) is 3.37. The van der Waals surface area contributed by atoms with Crippen molar-refractivity contribution in [2.75, 3.05) is 31.7 Å². The Morgan fingerprint density at radius 3 is 2.55 bits per heavy atom. The van der Waals surface area contributed by atoms with Gasteiger partial charge in [-0.1, -0.05) is 35.3 Å². The van der Waals surface area contributed by atoms with Crippen molar-refractivity contribution < 1.29 is 9.47 Å². The van der Waals surface area contributed by atoms with Crippen molar-refractivity contribution in [2.24, 2.45) is 18.2 Å². The number of pyridine rings is 1. The number of nitrogens with two attached hydrogens (primary N) is 1. The summed E-state index contributed by atoms with van der Waals surface area (Å²) in [5.41, 5.74) is 8.69. The highest BCUT2D eigenvalue weighted by atomic mass is 35.5. The van der Waals surface area contributed by atoms with E-state index in [0.717, 1.165) is 37.2 Å². The van der Waals surface area contributed by atoms with Crippen molar-refractivity contribution >= 4 is 40.2 Å². The van der Waals surface area contributed by atoms with Crippen molar-refractivity contribution in [1.29, 1.82) is 0 Å². The minimum absolute atomic E-state index is 0.00190. The summed E-state index contributed by atoms with van der Waals surface area (Å²) in [6.45, 7) is 4.53. The molecule has 0 aliphatic carbocycles. The number of hydrogen-bond acceptors (Lipinski definition) is 8. The van der Waals surface area contributed by atoms with Gasteiger partial charge in [-0.2, -0.15) is 10.1 Å². The van der Waals surface area contributed by atoms with Crippen molar-refractivity contribution in [1.82, 2.24) is 24.3 Å². The molecule has 0 radical (unpaired) electrons. The number of nitrogens with zero attached hydrogens (tertiary/aromatic N) is 6. The molecule has 0 saturated carbocycles. The average Bonchev–Trinajstić information content (AvgIpc) is 3.45. The first-order valence-electron chi connectivity index (χ1n) is 13.3. The second-order valence-corrected chi connectivity index (χ2v) is 11.4. The maximum absolute atomic E-state index is 14.0. The van der Waals surface area contributed by atoms with Gasteiger partial charge in [0.15, 0.2) is 5.65 Å². The van der Waals surface area contributed by atoms with Gasteiger partial charge in [-0.25, -0.2) is 4.98 Å². The molecule has 1 aromatic carbocycles. The molecule has 0 bridgehead atoms. The maximum Gasteiger partial charge on any atom is 0.266 e. The first kappa shape index (κ1) is 27.0. The van der Waals surface area contributed by atoms with Crippen LogP contribution in [0.5, 0.6) is 5.75 Å². The number of hydrogen-bond donors (Lipinski definition) is 1. The summed E-state index contributed by atoms with van der Waals surface area (Å²) in [4.78, 5) is 25.1. The summed E-state index contributed by atoms with van der Waals surface area (Å²) < 4.78 is 14.5. The van der Waals surface area contributed by atoms with Crippen LogP contribution in [0.2, 0.25) is 10.2 Å². The molecule has 0 amide bonds. The third-order valence-electron chi connectivity index (χ3n) is 8.44. The lowest BCUT2D eigenvalue weighted by atomic mass is 9.73. The van der Waals surface area contributed by atoms with Gasteiger partial charge in [-0.3, -0.25) is 14.0 Å². The Hall–Kier alpha value is -3.18. The molecule has 1 spiro atoms. The second kappa shape index (κ2) is 10.3. The normalized spacial score (nSPS) is 20.5. The fraction of sp³-hybridized carbons (Fsp3) is 0.429. The van der Waals surface area contributed by atoms with Crippen molar-refractivity contribution in [3.05, 3.63) is 62.6 Å². The van der Waals surface area contributed by atoms with Crippen LogP contribution in [-0.4, -0.2) is 63.3 Å². The SMILES string of the molecule is COc1ccc(Cn2nc3nc(N4CCC5(CC4)CO[C@@H](C)[C@H]5N)n(C)c(=O)c3c2-c2ccnc(Cl)c2Cl)cc1. The third-order valence-corrected chi connectivity index (χ3v) is 9.21. The Morgan fingerprint density at radius 2 is 1.90 bits per heavy atom. The van der Waals surface area contributed by atoms with E-state index in [1.54, 1.807) is 35.7 Å². The zero-order valence-corrected chi connectivity index (χ0v) is 24.1. The summed E-state index contributed by atoms with van der Waals surface area (Å²) >= 11 is 12.9. The molecule has 3 aromatic heterocycles. The lowest BCUT2D eigenvalue weighted by molar-refractivity contribution is 0.0973. The van der Waals surface area contributed by atoms with E-state index in [2.05, 4.69) is 9.88 Å². The molecule has 12 heteroatoms. The monoisotopic (exact) mass is 583 g/mol. The highest BCUT2D eigenvalue weighted by Gasteiger charge is 2.47. The lowest BCUT2D eigenvalue weighted by Crippen LogP contribution is -2.51. The Morgan fingerprint density at radius 1 is 1.18 bits per heavy atom. The quantitative estimate of drug-likeness (QED) is 0.352. The van der Waals surface area contributed by atoms with Crippen LogP contribution in [0, 0.1) is 5.41 Å². The molecular weight excluding hydrogens is 553 g/mol. The molecule has 2 aliphatic heterocycles. The first-order chi connectivity index (χ1) is 19.2. The van der Waals surface area contributed by atoms with Gasteiger partial charge in [0.25, 0.3) is 5.56 Å². The van der Waals surface area contributed by atoms with Crippen LogP contribution in [0.25, 0.3) is 22.3 Å². The Bertz CT molecular complexity index is 1630. The van der Waals surface area contributed by atoms with E-state index in [9.17, 15) is 4.79 Å². The van der Waals surface area contributed by atoms with Crippen LogP contribution < -0.4 is 20.9 Å². The molecule has 210 valence electrons. The van der Waals surface area contributed by atoms with E-state index in [-0.39, 0.29) is 33.3 Å². The fourth-order valence-electron chi connectivity index (χ4n) is 5.95. The van der Waals surface area contributed by atoms with Crippen LogP contribution in [-0.2, 0) is 18.3 Å². The fourth-order valence-corrected chi connectivity index (χ4v) is 6.31. The predicted molar refractivity (Wildman–Crippen MR) is 155 cm³/mol. The minimum atomic E-state index is -0.213. The van der Waals surface area contributed by atoms with Gasteiger partial charge in [0, 0.05) is 43.4 Å². The van der Waals surface area contributed by atoms with Gasteiger partial charge < -0.3 is 20.1 Å². The molecule has 2 N–H and O–H groups in total. The van der Waals surface area contributed by atoms with Crippen LogP contribution in [0.3, 0.4) is 0 Å². The van der Waals surface area contributed by atoms with Crippen LogP contribution in [0.4, 0.5) is 5.95 Å². The molecular formula is C28H31Cl2N7O3. The Balaban J connectivity index is 1.44. The van der Waals surface area contributed by atoms with Crippen molar-refractivity contribution in [3.63, 3.8) is 0 Å². The second-order valence-electron chi connectivity index (χ2n) is 10.7. The number of anilines is 1.